The second kappa shape index (κ2) is 12.6. The van der Waals surface area contributed by atoms with E-state index in [9.17, 15) is 9.59 Å². The summed E-state index contributed by atoms with van der Waals surface area (Å²) in [5.41, 5.74) is 6.65. The number of allylic oxidation sites excluding steroid dienone is 5. The fourth-order valence-electron chi connectivity index (χ4n) is 7.14. The van der Waals surface area contributed by atoms with Crippen LogP contribution in [0, 0.1) is 0 Å². The SMILES string of the molecule is CC1(C)C(/C=C/C=C2\N(CC(=O)N3CCOCC3)c3ccc(Cl)cc3C2(C)C)=C(CC(=O)N2CCOCC2)c2ccc(Cl)cc21. The fraction of sp³-hybridized carbons (Fsp3) is 0.444. The number of nitrogens with zero attached hydrogens (tertiary/aromatic N) is 3. The highest BCUT2D eigenvalue weighted by Gasteiger charge is 2.42. The molecule has 0 unspecified atom stereocenters. The third-order valence-corrected chi connectivity index (χ3v) is 10.2. The van der Waals surface area contributed by atoms with Gasteiger partial charge in [-0.3, -0.25) is 9.59 Å². The van der Waals surface area contributed by atoms with Crippen molar-refractivity contribution in [2.75, 3.05) is 64.1 Å². The van der Waals surface area contributed by atoms with Gasteiger partial charge in [0.05, 0.1) is 32.8 Å². The number of anilines is 1. The second-order valence-corrected chi connectivity index (χ2v) is 14.0. The summed E-state index contributed by atoms with van der Waals surface area (Å²) >= 11 is 12.9. The van der Waals surface area contributed by atoms with E-state index in [1.54, 1.807) is 0 Å². The molecule has 0 bridgehead atoms. The zero-order valence-electron chi connectivity index (χ0n) is 26.5. The Kier molecular flexibility index (Phi) is 8.92. The van der Waals surface area contributed by atoms with Crippen molar-refractivity contribution in [3.63, 3.8) is 0 Å². The molecule has 0 aromatic heterocycles. The van der Waals surface area contributed by atoms with Gasteiger partial charge in [0.25, 0.3) is 0 Å². The van der Waals surface area contributed by atoms with E-state index >= 15 is 0 Å². The van der Waals surface area contributed by atoms with Crippen LogP contribution in [0.2, 0.25) is 10.0 Å². The maximum Gasteiger partial charge on any atom is 0.242 e. The van der Waals surface area contributed by atoms with Gasteiger partial charge in [-0.05, 0) is 64.2 Å². The number of carbonyl (C=O) groups excluding carboxylic acids is 2. The molecular formula is C36H41Cl2N3O4. The standard InChI is InChI=1S/C36H41Cl2N3O4/c1-35(2)28(27(26-10-8-24(37)20-29(26)35)22-33(42)39-12-16-44-17-13-39)6-5-7-32-36(3,4)30-21-25(38)9-11-31(30)41(32)23-34(43)40-14-18-45-19-15-40/h5-11,20-21H,12-19,22-23H2,1-4H3/b6-5+,32-7-. The summed E-state index contributed by atoms with van der Waals surface area (Å²) in [5, 5.41) is 1.35. The van der Waals surface area contributed by atoms with Crippen LogP contribution in [0.25, 0.3) is 5.57 Å². The van der Waals surface area contributed by atoms with E-state index in [0.29, 0.717) is 69.1 Å². The fourth-order valence-corrected chi connectivity index (χ4v) is 7.48. The Balaban J connectivity index is 1.37. The summed E-state index contributed by atoms with van der Waals surface area (Å²) < 4.78 is 11.0. The molecule has 2 aromatic carbocycles. The topological polar surface area (TPSA) is 62.3 Å². The van der Waals surface area contributed by atoms with E-state index in [4.69, 9.17) is 32.7 Å². The molecular weight excluding hydrogens is 609 g/mol. The quantitative estimate of drug-likeness (QED) is 0.363. The first kappa shape index (κ1) is 31.9. The van der Waals surface area contributed by atoms with E-state index in [0.717, 1.165) is 39.2 Å². The Hall–Kier alpha value is -3.10. The molecule has 0 radical (unpaired) electrons. The Morgan fingerprint density at radius 3 is 2.02 bits per heavy atom. The van der Waals surface area contributed by atoms with Crippen LogP contribution >= 0.6 is 23.2 Å². The molecule has 3 aliphatic heterocycles. The van der Waals surface area contributed by atoms with Gasteiger partial charge in [0.15, 0.2) is 0 Å². The predicted octanol–water partition coefficient (Wildman–Crippen LogP) is 6.38. The lowest BCUT2D eigenvalue weighted by Gasteiger charge is -2.31. The van der Waals surface area contributed by atoms with Crippen molar-refractivity contribution in [3.05, 3.63) is 92.6 Å². The van der Waals surface area contributed by atoms with Crippen molar-refractivity contribution in [1.82, 2.24) is 9.80 Å². The number of hydrogen-bond donors (Lipinski definition) is 0. The van der Waals surface area contributed by atoms with Crippen molar-refractivity contribution in [2.45, 2.75) is 44.9 Å². The zero-order chi connectivity index (χ0) is 31.9. The van der Waals surface area contributed by atoms with Crippen LogP contribution < -0.4 is 4.90 Å². The highest BCUT2D eigenvalue weighted by atomic mass is 35.5. The largest absolute Gasteiger partial charge is 0.378 e. The summed E-state index contributed by atoms with van der Waals surface area (Å²) in [7, 11) is 0. The molecule has 0 spiro atoms. The number of benzene rings is 2. The lowest BCUT2D eigenvalue weighted by molar-refractivity contribution is -0.134. The number of amides is 2. The molecule has 2 saturated heterocycles. The van der Waals surface area contributed by atoms with Crippen LogP contribution in [0.3, 0.4) is 0 Å². The molecule has 2 fully saturated rings. The average Bonchev–Trinajstić information content (AvgIpc) is 3.36. The third kappa shape index (κ3) is 6.08. The summed E-state index contributed by atoms with van der Waals surface area (Å²) in [6, 6.07) is 11.9. The van der Waals surface area contributed by atoms with E-state index in [1.807, 2.05) is 46.2 Å². The van der Waals surface area contributed by atoms with Crippen molar-refractivity contribution < 1.29 is 19.1 Å². The minimum Gasteiger partial charge on any atom is -0.378 e. The molecule has 238 valence electrons. The van der Waals surface area contributed by atoms with Crippen LogP contribution in [0.4, 0.5) is 5.69 Å². The third-order valence-electron chi connectivity index (χ3n) is 9.70. The van der Waals surface area contributed by atoms with Crippen LogP contribution in [-0.2, 0) is 29.9 Å². The van der Waals surface area contributed by atoms with Crippen molar-refractivity contribution >= 4 is 46.3 Å². The van der Waals surface area contributed by atoms with Gasteiger partial charge >= 0.3 is 0 Å². The Bertz CT molecular complexity index is 1600. The van der Waals surface area contributed by atoms with E-state index in [2.05, 4.69) is 50.8 Å². The van der Waals surface area contributed by atoms with Crippen LogP contribution in [0.5, 0.6) is 0 Å². The molecule has 0 atom stereocenters. The molecule has 4 aliphatic rings. The molecule has 7 nitrogen and oxygen atoms in total. The van der Waals surface area contributed by atoms with E-state index in [1.165, 1.54) is 0 Å². The van der Waals surface area contributed by atoms with Crippen LogP contribution in [0.15, 0.2) is 65.9 Å². The molecule has 45 heavy (non-hydrogen) atoms. The number of morpholine rings is 2. The van der Waals surface area contributed by atoms with Gasteiger partial charge in [-0.1, -0.05) is 69.1 Å². The monoisotopic (exact) mass is 649 g/mol. The molecule has 0 saturated carbocycles. The van der Waals surface area contributed by atoms with Crippen molar-refractivity contribution in [3.8, 4) is 0 Å². The average molecular weight is 651 g/mol. The molecule has 2 aromatic rings. The smallest absolute Gasteiger partial charge is 0.242 e. The minimum atomic E-state index is -0.388. The molecule has 9 heteroatoms. The predicted molar refractivity (Wildman–Crippen MR) is 180 cm³/mol. The Morgan fingerprint density at radius 2 is 1.38 bits per heavy atom. The summed E-state index contributed by atoms with van der Waals surface area (Å²) in [6.07, 6.45) is 6.63. The maximum atomic E-state index is 13.5. The van der Waals surface area contributed by atoms with Gasteiger partial charge in [0.2, 0.25) is 11.8 Å². The summed E-state index contributed by atoms with van der Waals surface area (Å²) in [6.45, 7) is 13.6. The zero-order valence-corrected chi connectivity index (χ0v) is 28.0. The van der Waals surface area contributed by atoms with E-state index < -0.39 is 0 Å². The van der Waals surface area contributed by atoms with Gasteiger partial charge in [0, 0.05) is 58.4 Å². The lowest BCUT2D eigenvalue weighted by atomic mass is 9.80. The molecule has 3 heterocycles. The Morgan fingerprint density at radius 1 is 0.800 bits per heavy atom. The van der Waals surface area contributed by atoms with Crippen molar-refractivity contribution in [2.24, 2.45) is 0 Å². The highest BCUT2D eigenvalue weighted by Crippen LogP contribution is 2.50. The number of fused-ring (bicyclic) bond motifs is 2. The molecule has 6 rings (SSSR count). The normalized spacial score (nSPS) is 21.6. The summed E-state index contributed by atoms with van der Waals surface area (Å²) in [4.78, 5) is 32.9. The van der Waals surface area contributed by atoms with E-state index in [-0.39, 0.29) is 29.2 Å². The van der Waals surface area contributed by atoms with Gasteiger partial charge in [-0.15, -0.1) is 0 Å². The first-order chi connectivity index (χ1) is 21.5. The van der Waals surface area contributed by atoms with Gasteiger partial charge < -0.3 is 24.2 Å². The number of carbonyl (C=O) groups is 2. The van der Waals surface area contributed by atoms with Gasteiger partial charge in [-0.2, -0.15) is 0 Å². The second-order valence-electron chi connectivity index (χ2n) is 13.2. The highest BCUT2D eigenvalue weighted by molar-refractivity contribution is 6.31. The first-order valence-electron chi connectivity index (χ1n) is 15.7. The van der Waals surface area contributed by atoms with Crippen molar-refractivity contribution in [1.29, 1.82) is 0 Å². The number of rotatable bonds is 6. The first-order valence-corrected chi connectivity index (χ1v) is 16.5. The van der Waals surface area contributed by atoms with Crippen LogP contribution in [0.1, 0.15) is 50.8 Å². The number of hydrogen-bond acceptors (Lipinski definition) is 5. The maximum absolute atomic E-state index is 13.5. The van der Waals surface area contributed by atoms with Gasteiger partial charge in [-0.25, -0.2) is 0 Å². The Labute approximate surface area is 276 Å². The van der Waals surface area contributed by atoms with Crippen LogP contribution in [-0.4, -0.2) is 80.8 Å². The summed E-state index contributed by atoms with van der Waals surface area (Å²) in [5.74, 6) is 0.177. The number of halogens is 2. The molecule has 1 aliphatic carbocycles. The molecule has 2 amide bonds. The minimum absolute atomic E-state index is 0.0719. The lowest BCUT2D eigenvalue weighted by Crippen LogP contribution is -2.45. The van der Waals surface area contributed by atoms with Gasteiger partial charge in [0.1, 0.15) is 6.54 Å². The molecule has 0 N–H and O–H groups in total. The number of ether oxygens (including phenoxy) is 2.